The Morgan fingerprint density at radius 1 is 1.15 bits per heavy atom. The van der Waals surface area contributed by atoms with Gasteiger partial charge in [0.05, 0.1) is 11.3 Å². The van der Waals surface area contributed by atoms with Crippen molar-refractivity contribution in [3.8, 4) is 11.6 Å². The van der Waals surface area contributed by atoms with Crippen molar-refractivity contribution < 1.29 is 27.1 Å². The molecule has 0 aliphatic carbocycles. The molecule has 1 amide bonds. The molecule has 3 N–H and O–H groups in total. The van der Waals surface area contributed by atoms with E-state index in [0.717, 1.165) is 13.0 Å². The van der Waals surface area contributed by atoms with Gasteiger partial charge in [-0.25, -0.2) is 9.97 Å². The predicted molar refractivity (Wildman–Crippen MR) is 114 cm³/mol. The summed E-state index contributed by atoms with van der Waals surface area (Å²) >= 11 is 0. The van der Waals surface area contributed by atoms with Crippen LogP contribution in [0, 0.1) is 29.4 Å². The number of carbonyl (C=O) groups is 1. The Kier molecular flexibility index (Phi) is 6.41. The van der Waals surface area contributed by atoms with E-state index in [1.807, 2.05) is 0 Å². The van der Waals surface area contributed by atoms with Crippen molar-refractivity contribution in [1.29, 1.82) is 9.56 Å². The first-order valence-corrected chi connectivity index (χ1v) is 11.4. The maximum absolute atomic E-state index is 13.5. The second-order valence-corrected chi connectivity index (χ2v) is 9.50. The minimum Gasteiger partial charge on any atom is -0.436 e. The summed E-state index contributed by atoms with van der Waals surface area (Å²) in [5.41, 5.74) is -1.69. The molecule has 0 unspecified atom stereocenters. The minimum atomic E-state index is -4.76. The summed E-state index contributed by atoms with van der Waals surface area (Å²) in [5.74, 6) is -2.10. The summed E-state index contributed by atoms with van der Waals surface area (Å²) in [6, 6.07) is 8.22. The highest BCUT2D eigenvalue weighted by Crippen LogP contribution is 2.37. The molecule has 33 heavy (non-hydrogen) atoms. The highest BCUT2D eigenvalue weighted by atomic mass is 32.2. The third kappa shape index (κ3) is 5.45. The Balaban J connectivity index is 2.08. The van der Waals surface area contributed by atoms with Gasteiger partial charge >= 0.3 is 6.18 Å². The third-order valence-electron chi connectivity index (χ3n) is 4.61. The molecular weight excluding hydrogens is 462 g/mol. The van der Waals surface area contributed by atoms with Crippen molar-refractivity contribution in [2.24, 2.45) is 0 Å². The van der Waals surface area contributed by atoms with E-state index in [-0.39, 0.29) is 17.1 Å². The van der Waals surface area contributed by atoms with Crippen molar-refractivity contribution in [1.82, 2.24) is 9.97 Å². The van der Waals surface area contributed by atoms with Gasteiger partial charge in [-0.3, -0.25) is 14.4 Å². The van der Waals surface area contributed by atoms with E-state index in [1.165, 1.54) is 37.4 Å². The number of anilines is 1. The Morgan fingerprint density at radius 3 is 2.45 bits per heavy atom. The van der Waals surface area contributed by atoms with Crippen LogP contribution in [0.2, 0.25) is 0 Å². The zero-order valence-corrected chi connectivity index (χ0v) is 18.5. The zero-order valence-electron chi connectivity index (χ0n) is 17.7. The van der Waals surface area contributed by atoms with Gasteiger partial charge in [0, 0.05) is 23.0 Å². The molecule has 0 bridgehead atoms. The molecule has 7 nitrogen and oxygen atoms in total. The number of nitrogens with one attached hydrogen (secondary N) is 3. The fraction of sp³-hybridized carbons (Fsp3) is 0.190. The second kappa shape index (κ2) is 8.77. The second-order valence-electron chi connectivity index (χ2n) is 7.19. The zero-order chi connectivity index (χ0) is 24.6. The van der Waals surface area contributed by atoms with Crippen molar-refractivity contribution in [3.63, 3.8) is 0 Å². The average molecular weight is 481 g/mol. The molecule has 12 heteroatoms. The van der Waals surface area contributed by atoms with E-state index in [1.54, 1.807) is 6.07 Å². The van der Waals surface area contributed by atoms with Crippen LogP contribution in [-0.2, 0) is 15.8 Å². The molecule has 0 spiro atoms. The van der Waals surface area contributed by atoms with Crippen LogP contribution in [0.15, 0.2) is 47.5 Å². The Bertz CT molecular complexity index is 1340. The lowest BCUT2D eigenvalue weighted by Gasteiger charge is -2.17. The molecule has 2 heterocycles. The maximum atomic E-state index is 13.5. The first-order valence-electron chi connectivity index (χ1n) is 9.34. The van der Waals surface area contributed by atoms with Gasteiger partial charge in [0.1, 0.15) is 5.56 Å². The van der Waals surface area contributed by atoms with Crippen LogP contribution in [0.3, 0.4) is 0 Å². The molecule has 0 radical (unpaired) electrons. The van der Waals surface area contributed by atoms with E-state index in [0.29, 0.717) is 11.1 Å². The lowest BCUT2D eigenvalue weighted by molar-refractivity contribution is -0.138. The first kappa shape index (κ1) is 24.1. The standard InChI is InChI=1S/C21H19F4N5O2S/c1-11-15(21(23,24)25)10-28-20(32-16-7-8-17(22)29-12(16)2)18(11)19(31)30-13-5-4-6-14(9-13)33(3,26)27/h4-10,26-27H,1-3H3,(H,30,31). The maximum Gasteiger partial charge on any atom is 0.418 e. The smallest absolute Gasteiger partial charge is 0.418 e. The lowest BCUT2D eigenvalue weighted by atomic mass is 10.0. The number of nitrogens with zero attached hydrogens (tertiary/aromatic N) is 2. The van der Waals surface area contributed by atoms with Gasteiger partial charge in [0.15, 0.2) is 5.75 Å². The summed E-state index contributed by atoms with van der Waals surface area (Å²) in [7, 11) is -2.59. The van der Waals surface area contributed by atoms with Crippen molar-refractivity contribution in [2.75, 3.05) is 11.6 Å². The van der Waals surface area contributed by atoms with Crippen molar-refractivity contribution in [2.45, 2.75) is 24.9 Å². The van der Waals surface area contributed by atoms with Gasteiger partial charge in [-0.05, 0) is 59.4 Å². The molecule has 174 valence electrons. The highest BCUT2D eigenvalue weighted by molar-refractivity contribution is 7.92. The molecule has 0 aliphatic heterocycles. The van der Waals surface area contributed by atoms with Gasteiger partial charge in [-0.2, -0.15) is 17.6 Å². The number of hydrogen-bond acceptors (Lipinski definition) is 6. The number of halogens is 4. The summed E-state index contributed by atoms with van der Waals surface area (Å²) in [4.78, 5) is 20.7. The van der Waals surface area contributed by atoms with Gasteiger partial charge in [-0.1, -0.05) is 6.07 Å². The van der Waals surface area contributed by atoms with Crippen LogP contribution in [0.1, 0.15) is 27.2 Å². The van der Waals surface area contributed by atoms with E-state index < -0.39 is 50.2 Å². The van der Waals surface area contributed by atoms with Crippen LogP contribution in [-0.4, -0.2) is 22.1 Å². The number of carbonyl (C=O) groups excluding carboxylic acids is 1. The van der Waals surface area contributed by atoms with Gasteiger partial charge in [-0.15, -0.1) is 0 Å². The van der Waals surface area contributed by atoms with Crippen LogP contribution < -0.4 is 10.1 Å². The molecule has 3 aromatic rings. The molecule has 0 fully saturated rings. The number of amides is 1. The normalized spacial score (nSPS) is 11.8. The Morgan fingerprint density at radius 2 is 1.85 bits per heavy atom. The number of pyridine rings is 2. The average Bonchev–Trinajstić information content (AvgIpc) is 2.68. The van der Waals surface area contributed by atoms with E-state index in [9.17, 15) is 22.4 Å². The van der Waals surface area contributed by atoms with Gasteiger partial charge < -0.3 is 10.1 Å². The first-order chi connectivity index (χ1) is 15.3. The topological polar surface area (TPSA) is 112 Å². The molecular formula is C21H19F4N5O2S. The number of rotatable bonds is 5. The van der Waals surface area contributed by atoms with E-state index in [2.05, 4.69) is 15.3 Å². The molecule has 3 rings (SSSR count). The molecule has 0 atom stereocenters. The summed E-state index contributed by atoms with van der Waals surface area (Å²) in [6.45, 7) is 2.55. The van der Waals surface area contributed by atoms with Crippen LogP contribution in [0.4, 0.5) is 23.2 Å². The molecule has 0 saturated heterocycles. The van der Waals surface area contributed by atoms with Gasteiger partial charge in [0.25, 0.3) is 5.91 Å². The highest BCUT2D eigenvalue weighted by Gasteiger charge is 2.36. The quantitative estimate of drug-likeness (QED) is 0.308. The summed E-state index contributed by atoms with van der Waals surface area (Å²) in [6.07, 6.45) is -2.79. The summed E-state index contributed by atoms with van der Waals surface area (Å²) < 4.78 is 75.0. The largest absolute Gasteiger partial charge is 0.436 e. The number of hydrogen-bond donors (Lipinski definition) is 3. The number of alkyl halides is 3. The molecule has 0 saturated carbocycles. The van der Waals surface area contributed by atoms with E-state index >= 15 is 0 Å². The molecule has 1 aromatic carbocycles. The Labute approximate surface area is 187 Å². The number of aromatic nitrogens is 2. The lowest BCUT2D eigenvalue weighted by Crippen LogP contribution is -2.19. The van der Waals surface area contributed by atoms with Crippen LogP contribution >= 0.6 is 0 Å². The monoisotopic (exact) mass is 481 g/mol. The fourth-order valence-electron chi connectivity index (χ4n) is 2.96. The third-order valence-corrected chi connectivity index (χ3v) is 5.81. The number of benzene rings is 1. The van der Waals surface area contributed by atoms with Crippen LogP contribution in [0.5, 0.6) is 11.6 Å². The van der Waals surface area contributed by atoms with E-state index in [4.69, 9.17) is 14.3 Å². The van der Waals surface area contributed by atoms with Crippen molar-refractivity contribution >= 4 is 21.2 Å². The minimum absolute atomic E-state index is 0.0156. The van der Waals surface area contributed by atoms with Crippen molar-refractivity contribution in [3.05, 3.63) is 70.9 Å². The fourth-order valence-corrected chi connectivity index (χ4v) is 3.67. The summed E-state index contributed by atoms with van der Waals surface area (Å²) in [5, 5.41) is 2.48. The van der Waals surface area contributed by atoms with Gasteiger partial charge in [0.2, 0.25) is 11.8 Å². The Hall–Kier alpha value is -3.54. The SMILES string of the molecule is Cc1nc(F)ccc1Oc1ncc(C(F)(F)F)c(C)c1C(=O)Nc1cccc(S(C)(=N)=N)c1. The number of aryl methyl sites for hydroxylation is 1. The molecule has 2 aromatic heterocycles. The molecule has 0 aliphatic rings. The predicted octanol–water partition coefficient (Wildman–Crippen LogP) is 5.96. The number of ether oxygens (including phenoxy) is 1. The van der Waals surface area contributed by atoms with Crippen LogP contribution in [0.25, 0.3) is 0 Å².